The Morgan fingerprint density at radius 1 is 1.00 bits per heavy atom. The van der Waals surface area contributed by atoms with Gasteiger partial charge in [-0.3, -0.25) is 9.78 Å². The summed E-state index contributed by atoms with van der Waals surface area (Å²) in [7, 11) is 0. The Bertz CT molecular complexity index is 1190. The molecule has 2 aromatic carbocycles. The number of hydrogen-bond donors (Lipinski definition) is 2. The summed E-state index contributed by atoms with van der Waals surface area (Å²) < 4.78 is 58.6. The molecule has 0 unspecified atom stereocenters. The SMILES string of the molecule is CC(=O)c1cc(Oc2ccc(NC(=O)Nc3ccc(Cl)c(C(F)(F)F)c3)c(F)c2)ccn1. The molecule has 1 heterocycles. The summed E-state index contributed by atoms with van der Waals surface area (Å²) in [5.74, 6) is -0.784. The zero-order chi connectivity index (χ0) is 23.5. The van der Waals surface area contributed by atoms with Gasteiger partial charge < -0.3 is 15.4 Å². The molecule has 0 aliphatic carbocycles. The number of amides is 2. The number of urea groups is 1. The molecule has 6 nitrogen and oxygen atoms in total. The number of halogens is 5. The lowest BCUT2D eigenvalue weighted by molar-refractivity contribution is -0.137. The Kier molecular flexibility index (Phi) is 6.64. The summed E-state index contributed by atoms with van der Waals surface area (Å²) in [5.41, 5.74) is -1.36. The standard InChI is InChI=1S/C21H14ClF4N3O3/c1-11(30)19-10-14(6-7-27-19)32-13-3-5-18(17(23)9-13)29-20(31)28-12-2-4-16(22)15(8-12)21(24,25)26/h2-10H,1H3,(H2,28,29,31). The van der Waals surface area contributed by atoms with Crippen molar-refractivity contribution in [3.8, 4) is 11.5 Å². The smallest absolute Gasteiger partial charge is 0.417 e. The maximum atomic E-state index is 14.4. The van der Waals surface area contributed by atoms with E-state index >= 15 is 0 Å². The molecule has 2 N–H and O–H groups in total. The first-order valence-corrected chi connectivity index (χ1v) is 9.30. The maximum absolute atomic E-state index is 14.4. The molecular weight excluding hydrogens is 454 g/mol. The quantitative estimate of drug-likeness (QED) is 0.330. The number of carbonyl (C=O) groups is 2. The number of nitrogens with one attached hydrogen (secondary N) is 2. The molecule has 11 heteroatoms. The van der Waals surface area contributed by atoms with Gasteiger partial charge in [-0.25, -0.2) is 9.18 Å². The third kappa shape index (κ3) is 5.73. The molecule has 0 saturated heterocycles. The number of pyridine rings is 1. The number of ether oxygens (including phenoxy) is 1. The zero-order valence-electron chi connectivity index (χ0n) is 16.3. The van der Waals surface area contributed by atoms with E-state index in [-0.39, 0.29) is 34.4 Å². The monoisotopic (exact) mass is 467 g/mol. The number of hydrogen-bond acceptors (Lipinski definition) is 4. The van der Waals surface area contributed by atoms with Gasteiger partial charge in [-0.2, -0.15) is 13.2 Å². The van der Waals surface area contributed by atoms with Gasteiger partial charge in [0.15, 0.2) is 5.78 Å². The summed E-state index contributed by atoms with van der Waals surface area (Å²) in [4.78, 5) is 27.3. The van der Waals surface area contributed by atoms with Crippen LogP contribution in [0.25, 0.3) is 0 Å². The lowest BCUT2D eigenvalue weighted by Crippen LogP contribution is -2.20. The van der Waals surface area contributed by atoms with Gasteiger partial charge in [0.2, 0.25) is 0 Å². The molecule has 0 spiro atoms. The van der Waals surface area contributed by atoms with Crippen LogP contribution in [-0.2, 0) is 6.18 Å². The fourth-order valence-corrected chi connectivity index (χ4v) is 2.79. The number of aromatic nitrogens is 1. The first kappa shape index (κ1) is 23.0. The number of rotatable bonds is 5. The summed E-state index contributed by atoms with van der Waals surface area (Å²) in [6.07, 6.45) is -3.34. The van der Waals surface area contributed by atoms with Crippen LogP contribution in [0.5, 0.6) is 11.5 Å². The van der Waals surface area contributed by atoms with E-state index < -0.39 is 28.6 Å². The van der Waals surface area contributed by atoms with Crippen molar-refractivity contribution in [3.63, 3.8) is 0 Å². The number of ketones is 1. The normalized spacial score (nSPS) is 11.1. The Hall–Kier alpha value is -3.66. The largest absolute Gasteiger partial charge is 0.457 e. The molecule has 166 valence electrons. The van der Waals surface area contributed by atoms with Crippen molar-refractivity contribution < 1.29 is 31.9 Å². The van der Waals surface area contributed by atoms with Crippen LogP contribution in [0.1, 0.15) is 23.0 Å². The van der Waals surface area contributed by atoms with E-state index in [1.807, 2.05) is 0 Å². The van der Waals surface area contributed by atoms with Crippen LogP contribution in [0.3, 0.4) is 0 Å². The fourth-order valence-electron chi connectivity index (χ4n) is 2.57. The Balaban J connectivity index is 1.69. The van der Waals surface area contributed by atoms with Crippen LogP contribution in [0, 0.1) is 5.82 Å². The predicted octanol–water partition coefficient (Wildman–Crippen LogP) is 6.53. The van der Waals surface area contributed by atoms with Gasteiger partial charge in [-0.1, -0.05) is 11.6 Å². The van der Waals surface area contributed by atoms with E-state index in [1.165, 1.54) is 43.5 Å². The Morgan fingerprint density at radius 2 is 1.72 bits per heavy atom. The molecule has 0 aliphatic rings. The van der Waals surface area contributed by atoms with Crippen molar-refractivity contribution in [3.05, 3.63) is 76.8 Å². The molecule has 2 amide bonds. The van der Waals surface area contributed by atoms with Crippen LogP contribution < -0.4 is 15.4 Å². The third-order valence-electron chi connectivity index (χ3n) is 4.05. The highest BCUT2D eigenvalue weighted by Crippen LogP contribution is 2.36. The van der Waals surface area contributed by atoms with Gasteiger partial charge in [0, 0.05) is 30.9 Å². The fraction of sp³-hybridized carbons (Fsp3) is 0.0952. The van der Waals surface area contributed by atoms with Gasteiger partial charge in [0.05, 0.1) is 16.3 Å². The second-order valence-corrected chi connectivity index (χ2v) is 6.86. The van der Waals surface area contributed by atoms with Crippen molar-refractivity contribution in [2.45, 2.75) is 13.1 Å². The van der Waals surface area contributed by atoms with Crippen molar-refractivity contribution in [2.75, 3.05) is 10.6 Å². The molecular formula is C21H14ClF4N3O3. The minimum atomic E-state index is -4.70. The lowest BCUT2D eigenvalue weighted by atomic mass is 10.2. The zero-order valence-corrected chi connectivity index (χ0v) is 17.0. The first-order valence-electron chi connectivity index (χ1n) is 8.92. The summed E-state index contributed by atoms with van der Waals surface area (Å²) in [6, 6.07) is 8.29. The summed E-state index contributed by atoms with van der Waals surface area (Å²) in [6.45, 7) is 1.34. The molecule has 32 heavy (non-hydrogen) atoms. The molecule has 3 rings (SSSR count). The molecule has 1 aromatic heterocycles. The summed E-state index contributed by atoms with van der Waals surface area (Å²) >= 11 is 5.53. The molecule has 0 fully saturated rings. The van der Waals surface area contributed by atoms with Crippen LogP contribution in [0.2, 0.25) is 5.02 Å². The third-order valence-corrected chi connectivity index (χ3v) is 4.38. The number of Topliss-reactive ketones (excluding diaryl/α,β-unsaturated/α-hetero) is 1. The van der Waals surface area contributed by atoms with Gasteiger partial charge >= 0.3 is 12.2 Å². The van der Waals surface area contributed by atoms with E-state index in [2.05, 4.69) is 15.6 Å². The van der Waals surface area contributed by atoms with Crippen LogP contribution in [0.4, 0.5) is 33.7 Å². The number of alkyl halides is 3. The summed E-state index contributed by atoms with van der Waals surface area (Å²) in [5, 5.41) is 3.86. The van der Waals surface area contributed by atoms with E-state index in [4.69, 9.17) is 16.3 Å². The highest BCUT2D eigenvalue weighted by Gasteiger charge is 2.33. The number of nitrogens with zero attached hydrogens (tertiary/aromatic N) is 1. The molecule has 0 atom stereocenters. The lowest BCUT2D eigenvalue weighted by Gasteiger charge is -2.13. The molecule has 3 aromatic rings. The highest BCUT2D eigenvalue weighted by molar-refractivity contribution is 6.31. The number of benzene rings is 2. The van der Waals surface area contributed by atoms with Crippen LogP contribution in [-0.4, -0.2) is 16.8 Å². The minimum Gasteiger partial charge on any atom is -0.457 e. The van der Waals surface area contributed by atoms with Gasteiger partial charge in [-0.05, 0) is 36.4 Å². The Labute approximate surface area is 184 Å². The van der Waals surface area contributed by atoms with Crippen LogP contribution >= 0.6 is 11.6 Å². The van der Waals surface area contributed by atoms with Crippen LogP contribution in [0.15, 0.2) is 54.7 Å². The average Bonchev–Trinajstić information content (AvgIpc) is 2.71. The number of anilines is 2. The van der Waals surface area contributed by atoms with E-state index in [0.717, 1.165) is 12.1 Å². The highest BCUT2D eigenvalue weighted by atomic mass is 35.5. The molecule has 0 saturated carbocycles. The van der Waals surface area contributed by atoms with Gasteiger partial charge in [0.25, 0.3) is 0 Å². The minimum absolute atomic E-state index is 0.0849. The maximum Gasteiger partial charge on any atom is 0.417 e. The second kappa shape index (κ2) is 9.23. The van der Waals surface area contributed by atoms with Crippen molar-refractivity contribution in [2.24, 2.45) is 0 Å². The van der Waals surface area contributed by atoms with Gasteiger partial charge in [0.1, 0.15) is 23.0 Å². The van der Waals surface area contributed by atoms with Gasteiger partial charge in [-0.15, -0.1) is 0 Å². The molecule has 0 radical (unpaired) electrons. The van der Waals surface area contributed by atoms with Crippen molar-refractivity contribution in [1.82, 2.24) is 4.98 Å². The van der Waals surface area contributed by atoms with E-state index in [1.54, 1.807) is 0 Å². The second-order valence-electron chi connectivity index (χ2n) is 6.45. The van der Waals surface area contributed by atoms with Crippen molar-refractivity contribution >= 4 is 34.8 Å². The number of carbonyl (C=O) groups excluding carboxylic acids is 2. The first-order chi connectivity index (χ1) is 15.0. The van der Waals surface area contributed by atoms with E-state index in [0.29, 0.717) is 6.07 Å². The topological polar surface area (TPSA) is 80.3 Å². The average molecular weight is 468 g/mol. The Morgan fingerprint density at radius 3 is 2.38 bits per heavy atom. The molecule has 0 bridgehead atoms. The van der Waals surface area contributed by atoms with E-state index in [9.17, 15) is 27.2 Å². The molecule has 0 aliphatic heterocycles. The predicted molar refractivity (Wildman–Crippen MR) is 110 cm³/mol. The van der Waals surface area contributed by atoms with Crippen molar-refractivity contribution in [1.29, 1.82) is 0 Å².